The summed E-state index contributed by atoms with van der Waals surface area (Å²) in [6.07, 6.45) is 0. The lowest BCUT2D eigenvalue weighted by Crippen LogP contribution is -2.19. The summed E-state index contributed by atoms with van der Waals surface area (Å²) in [6.45, 7) is 2.52. The molecule has 0 bridgehead atoms. The third kappa shape index (κ3) is 3.06. The van der Waals surface area contributed by atoms with Crippen LogP contribution >= 0.6 is 0 Å². The van der Waals surface area contributed by atoms with Crippen molar-refractivity contribution in [3.05, 3.63) is 77.9 Å². The second-order valence-electron chi connectivity index (χ2n) is 5.30. The third-order valence-corrected chi connectivity index (χ3v) is 3.64. The van der Waals surface area contributed by atoms with Crippen molar-refractivity contribution < 1.29 is 4.74 Å². The lowest BCUT2D eigenvalue weighted by molar-refractivity contribution is 0.291. The topological polar surface area (TPSA) is 35.2 Å². The molecule has 0 fully saturated rings. The molecule has 0 spiro atoms. The maximum Gasteiger partial charge on any atom is 0.119 e. The van der Waals surface area contributed by atoms with Gasteiger partial charge in [0.25, 0.3) is 0 Å². The molecule has 0 aliphatic heterocycles. The van der Waals surface area contributed by atoms with Crippen molar-refractivity contribution in [2.24, 2.45) is 5.73 Å². The number of rotatable bonds is 4. The first-order chi connectivity index (χ1) is 10.2. The Morgan fingerprint density at radius 2 is 1.71 bits per heavy atom. The summed E-state index contributed by atoms with van der Waals surface area (Å²) in [5.74, 6) is 0.866. The van der Waals surface area contributed by atoms with E-state index in [1.165, 1.54) is 16.3 Å². The van der Waals surface area contributed by atoms with Gasteiger partial charge < -0.3 is 10.5 Å². The molecule has 3 aromatic carbocycles. The van der Waals surface area contributed by atoms with Crippen LogP contribution in [-0.2, 0) is 0 Å². The van der Waals surface area contributed by atoms with Gasteiger partial charge in [-0.15, -0.1) is 0 Å². The Morgan fingerprint density at radius 1 is 0.952 bits per heavy atom. The summed E-state index contributed by atoms with van der Waals surface area (Å²) in [4.78, 5) is 0. The largest absolute Gasteiger partial charge is 0.492 e. The first-order valence-electron chi connectivity index (χ1n) is 7.17. The minimum absolute atomic E-state index is 0.142. The molecule has 0 aliphatic rings. The van der Waals surface area contributed by atoms with Crippen LogP contribution in [0.3, 0.4) is 0 Å². The van der Waals surface area contributed by atoms with Crippen molar-refractivity contribution >= 4 is 10.8 Å². The molecule has 2 N–H and O–H groups in total. The zero-order valence-corrected chi connectivity index (χ0v) is 12.1. The molecule has 0 radical (unpaired) electrons. The molecular weight excluding hydrogens is 258 g/mol. The van der Waals surface area contributed by atoms with Gasteiger partial charge in [0.15, 0.2) is 0 Å². The van der Waals surface area contributed by atoms with Gasteiger partial charge >= 0.3 is 0 Å². The van der Waals surface area contributed by atoms with Crippen LogP contribution in [0.25, 0.3) is 10.8 Å². The van der Waals surface area contributed by atoms with E-state index >= 15 is 0 Å². The van der Waals surface area contributed by atoms with Crippen LogP contribution in [0.2, 0.25) is 0 Å². The van der Waals surface area contributed by atoms with Gasteiger partial charge in [-0.25, -0.2) is 0 Å². The van der Waals surface area contributed by atoms with Crippen molar-refractivity contribution in [2.45, 2.75) is 13.0 Å². The van der Waals surface area contributed by atoms with Crippen molar-refractivity contribution in [3.63, 3.8) is 0 Å². The van der Waals surface area contributed by atoms with Gasteiger partial charge in [-0.2, -0.15) is 0 Å². The number of ether oxygens (including phenoxy) is 1. The number of nitrogens with two attached hydrogens (primary N) is 1. The minimum atomic E-state index is -0.142. The summed E-state index contributed by atoms with van der Waals surface area (Å²) >= 11 is 0. The fraction of sp³-hybridized carbons (Fsp3) is 0.158. The molecule has 0 saturated heterocycles. The lowest BCUT2D eigenvalue weighted by Gasteiger charge is -2.16. The van der Waals surface area contributed by atoms with Crippen LogP contribution in [0.15, 0.2) is 66.7 Å². The van der Waals surface area contributed by atoms with E-state index in [1.807, 2.05) is 36.4 Å². The zero-order valence-electron chi connectivity index (χ0n) is 12.1. The Morgan fingerprint density at radius 3 is 2.57 bits per heavy atom. The number of hydrogen-bond donors (Lipinski definition) is 1. The summed E-state index contributed by atoms with van der Waals surface area (Å²) in [6, 6.07) is 22.4. The fourth-order valence-electron chi connectivity index (χ4n) is 2.55. The zero-order chi connectivity index (χ0) is 14.7. The summed E-state index contributed by atoms with van der Waals surface area (Å²) in [5, 5.41) is 2.40. The van der Waals surface area contributed by atoms with Crippen LogP contribution in [0.5, 0.6) is 5.75 Å². The van der Waals surface area contributed by atoms with Gasteiger partial charge in [0, 0.05) is 0 Å². The molecule has 0 heterocycles. The molecule has 106 valence electrons. The Kier molecular flexibility index (Phi) is 3.89. The van der Waals surface area contributed by atoms with E-state index in [0.717, 1.165) is 11.3 Å². The number of benzene rings is 3. The van der Waals surface area contributed by atoms with Gasteiger partial charge in [-0.05, 0) is 41.0 Å². The van der Waals surface area contributed by atoms with Crippen LogP contribution in [0, 0.1) is 6.92 Å². The first kappa shape index (κ1) is 13.7. The third-order valence-electron chi connectivity index (χ3n) is 3.64. The van der Waals surface area contributed by atoms with Gasteiger partial charge in [0.2, 0.25) is 0 Å². The normalized spacial score (nSPS) is 12.3. The molecule has 3 aromatic rings. The minimum Gasteiger partial charge on any atom is -0.492 e. The predicted octanol–water partition coefficient (Wildman–Crippen LogP) is 4.23. The molecular formula is C19H19NO. The van der Waals surface area contributed by atoms with E-state index in [0.29, 0.717) is 6.61 Å². The Labute approximate surface area is 125 Å². The number of aryl methyl sites for hydroxylation is 1. The second kappa shape index (κ2) is 5.98. The second-order valence-corrected chi connectivity index (χ2v) is 5.30. The van der Waals surface area contributed by atoms with Gasteiger partial charge in [0.1, 0.15) is 12.4 Å². The van der Waals surface area contributed by atoms with Gasteiger partial charge in [-0.1, -0.05) is 54.6 Å². The molecule has 2 heteroatoms. The molecule has 0 aliphatic carbocycles. The van der Waals surface area contributed by atoms with E-state index < -0.39 is 0 Å². The smallest absolute Gasteiger partial charge is 0.119 e. The van der Waals surface area contributed by atoms with Crippen molar-refractivity contribution in [3.8, 4) is 5.75 Å². The van der Waals surface area contributed by atoms with E-state index in [4.69, 9.17) is 10.5 Å². The molecule has 1 atom stereocenters. The highest BCUT2D eigenvalue weighted by molar-refractivity contribution is 5.86. The highest BCUT2D eigenvalue weighted by Crippen LogP contribution is 2.24. The maximum atomic E-state index is 6.32. The molecule has 0 aromatic heterocycles. The van der Waals surface area contributed by atoms with Crippen LogP contribution in [0.4, 0.5) is 0 Å². The van der Waals surface area contributed by atoms with Crippen LogP contribution < -0.4 is 10.5 Å². The van der Waals surface area contributed by atoms with Crippen LogP contribution in [-0.4, -0.2) is 6.61 Å². The highest BCUT2D eigenvalue weighted by atomic mass is 16.5. The Hall–Kier alpha value is -2.32. The molecule has 0 saturated carbocycles. The van der Waals surface area contributed by atoms with E-state index in [9.17, 15) is 0 Å². The van der Waals surface area contributed by atoms with E-state index in [2.05, 4.69) is 37.3 Å². The van der Waals surface area contributed by atoms with Crippen LogP contribution in [0.1, 0.15) is 17.2 Å². The molecule has 1 unspecified atom stereocenters. The average Bonchev–Trinajstić information content (AvgIpc) is 2.52. The summed E-state index contributed by atoms with van der Waals surface area (Å²) in [5.41, 5.74) is 8.63. The van der Waals surface area contributed by atoms with E-state index in [-0.39, 0.29) is 6.04 Å². The SMILES string of the molecule is Cc1cccc(OCC(N)c2cccc3ccccc23)c1. The lowest BCUT2D eigenvalue weighted by atomic mass is 10.00. The van der Waals surface area contributed by atoms with E-state index in [1.54, 1.807) is 0 Å². The fourth-order valence-corrected chi connectivity index (χ4v) is 2.55. The monoisotopic (exact) mass is 277 g/mol. The predicted molar refractivity (Wildman–Crippen MR) is 87.6 cm³/mol. The van der Waals surface area contributed by atoms with Crippen molar-refractivity contribution in [1.82, 2.24) is 0 Å². The maximum absolute atomic E-state index is 6.32. The quantitative estimate of drug-likeness (QED) is 0.774. The summed E-state index contributed by atoms with van der Waals surface area (Å²) in [7, 11) is 0. The standard InChI is InChI=1S/C19H19NO/c1-14-6-4-9-16(12-14)21-13-19(20)18-11-5-8-15-7-2-3-10-17(15)18/h2-12,19H,13,20H2,1H3. The van der Waals surface area contributed by atoms with Crippen molar-refractivity contribution in [1.29, 1.82) is 0 Å². The average molecular weight is 277 g/mol. The number of fused-ring (bicyclic) bond motifs is 1. The Bertz CT molecular complexity index is 746. The molecule has 3 rings (SSSR count). The summed E-state index contributed by atoms with van der Waals surface area (Å²) < 4.78 is 5.83. The number of hydrogen-bond acceptors (Lipinski definition) is 2. The highest BCUT2D eigenvalue weighted by Gasteiger charge is 2.10. The first-order valence-corrected chi connectivity index (χ1v) is 7.17. The molecule has 2 nitrogen and oxygen atoms in total. The molecule has 21 heavy (non-hydrogen) atoms. The molecule has 0 amide bonds. The Balaban J connectivity index is 1.79. The van der Waals surface area contributed by atoms with Gasteiger partial charge in [0.05, 0.1) is 6.04 Å². The van der Waals surface area contributed by atoms with Crippen molar-refractivity contribution in [2.75, 3.05) is 6.61 Å². The van der Waals surface area contributed by atoms with Gasteiger partial charge in [-0.3, -0.25) is 0 Å².